The zero-order chi connectivity index (χ0) is 21.7. The number of hydrogen-bond acceptors (Lipinski definition) is 5. The van der Waals surface area contributed by atoms with Gasteiger partial charge in [0, 0.05) is 46.8 Å². The molecule has 0 radical (unpaired) electrons. The number of likely N-dealkylation sites (N-methyl/N-ethyl adjacent to an activating group) is 1. The van der Waals surface area contributed by atoms with Crippen LogP contribution in [-0.4, -0.2) is 28.3 Å². The molecular weight excluding hydrogens is 404 g/mol. The second-order valence-corrected chi connectivity index (χ2v) is 7.43. The highest BCUT2D eigenvalue weighted by molar-refractivity contribution is 6.30. The van der Waals surface area contributed by atoms with E-state index in [0.717, 1.165) is 5.56 Å². The zero-order valence-electron chi connectivity index (χ0n) is 16.4. The molecule has 0 aromatic heterocycles. The lowest BCUT2D eigenvalue weighted by Gasteiger charge is -2.40. The first-order valence-corrected chi connectivity index (χ1v) is 9.69. The number of nitro groups is 1. The molecule has 2 aromatic rings. The second kappa shape index (κ2) is 9.17. The number of allylic oxidation sites excluding steroid dienone is 4. The van der Waals surface area contributed by atoms with E-state index in [1.54, 1.807) is 60.5 Å². The lowest BCUT2D eigenvalue weighted by atomic mass is 9.87. The largest absolute Gasteiger partial charge is 0.367 e. The predicted octanol–water partition coefficient (Wildman–Crippen LogP) is 4.45. The van der Waals surface area contributed by atoms with Gasteiger partial charge in [0.1, 0.15) is 0 Å². The predicted molar refractivity (Wildman–Crippen MR) is 116 cm³/mol. The molecule has 0 saturated carbocycles. The maximum absolute atomic E-state index is 12.0. The van der Waals surface area contributed by atoms with Gasteiger partial charge in [-0.25, -0.2) is 0 Å². The van der Waals surface area contributed by atoms with Gasteiger partial charge in [-0.15, -0.1) is 0 Å². The summed E-state index contributed by atoms with van der Waals surface area (Å²) in [7, 11) is 1.71. The smallest absolute Gasteiger partial charge is 0.269 e. The number of non-ortho nitro benzene ring substituents is 1. The van der Waals surface area contributed by atoms with Crippen molar-refractivity contribution in [1.82, 2.24) is 4.90 Å². The number of aliphatic hydroxyl groups is 1. The van der Waals surface area contributed by atoms with Crippen molar-refractivity contribution in [3.8, 4) is 0 Å². The van der Waals surface area contributed by atoms with Gasteiger partial charge in [-0.3, -0.25) is 19.8 Å². The number of benzene rings is 2. The van der Waals surface area contributed by atoms with Crippen LogP contribution in [0.5, 0.6) is 0 Å². The van der Waals surface area contributed by atoms with Gasteiger partial charge in [-0.05, 0) is 12.6 Å². The van der Waals surface area contributed by atoms with E-state index in [0.29, 0.717) is 28.9 Å². The minimum atomic E-state index is -1.70. The van der Waals surface area contributed by atoms with Crippen LogP contribution in [0.3, 0.4) is 0 Å². The highest BCUT2D eigenvalue weighted by atomic mass is 35.5. The molecule has 154 valence electrons. The van der Waals surface area contributed by atoms with Gasteiger partial charge in [-0.1, -0.05) is 72.3 Å². The van der Waals surface area contributed by atoms with Crippen molar-refractivity contribution in [3.05, 3.63) is 110 Å². The minimum Gasteiger partial charge on any atom is -0.367 e. The standard InChI is InChI=1S/C23H21ClN2O4/c1-25(15-17-11-13-20(14-12-17)26(29)30)23(28,19-8-3-2-4-9-19)22-18(16-27)7-5-6-10-21(22)24/h2-9,11-14,16,28H,10,15H2,1H3. The highest BCUT2D eigenvalue weighted by Crippen LogP contribution is 2.41. The summed E-state index contributed by atoms with van der Waals surface area (Å²) < 4.78 is 0. The first-order valence-electron chi connectivity index (χ1n) is 9.32. The van der Waals surface area contributed by atoms with Crippen LogP contribution in [0.4, 0.5) is 5.69 Å². The van der Waals surface area contributed by atoms with Crippen LogP contribution in [0.25, 0.3) is 0 Å². The third kappa shape index (κ3) is 4.26. The summed E-state index contributed by atoms with van der Waals surface area (Å²) in [6, 6.07) is 15.1. The molecule has 1 aliphatic carbocycles. The summed E-state index contributed by atoms with van der Waals surface area (Å²) in [5.74, 6) is 0. The molecule has 0 aliphatic heterocycles. The molecule has 1 aliphatic rings. The number of carbonyl (C=O) groups excluding carboxylic acids is 1. The molecular formula is C23H21ClN2O4. The normalized spacial score (nSPS) is 16.1. The van der Waals surface area contributed by atoms with Gasteiger partial charge < -0.3 is 5.11 Å². The zero-order valence-corrected chi connectivity index (χ0v) is 17.1. The number of carbonyl (C=O) groups is 1. The fourth-order valence-electron chi connectivity index (χ4n) is 3.51. The topological polar surface area (TPSA) is 83.7 Å². The molecule has 30 heavy (non-hydrogen) atoms. The summed E-state index contributed by atoms with van der Waals surface area (Å²) in [5, 5.41) is 23.3. The van der Waals surface area contributed by atoms with Crippen LogP contribution in [0.2, 0.25) is 0 Å². The maximum Gasteiger partial charge on any atom is 0.269 e. The fourth-order valence-corrected chi connectivity index (χ4v) is 3.84. The molecule has 1 atom stereocenters. The van der Waals surface area contributed by atoms with E-state index in [1.807, 2.05) is 12.1 Å². The quantitative estimate of drug-likeness (QED) is 0.307. The summed E-state index contributed by atoms with van der Waals surface area (Å²) in [5.41, 5.74) is 0.218. The average Bonchev–Trinajstić information content (AvgIpc) is 2.95. The summed E-state index contributed by atoms with van der Waals surface area (Å²) >= 11 is 6.56. The summed E-state index contributed by atoms with van der Waals surface area (Å²) in [6.07, 6.45) is 6.25. The van der Waals surface area contributed by atoms with Crippen LogP contribution in [0.15, 0.2) is 89.0 Å². The van der Waals surface area contributed by atoms with Crippen molar-refractivity contribution >= 4 is 23.6 Å². The number of halogens is 1. The fraction of sp³-hybridized carbons (Fsp3) is 0.174. The molecule has 2 aromatic carbocycles. The van der Waals surface area contributed by atoms with Crippen molar-refractivity contribution in [1.29, 1.82) is 0 Å². The van der Waals surface area contributed by atoms with Gasteiger partial charge >= 0.3 is 0 Å². The lowest BCUT2D eigenvalue weighted by molar-refractivity contribution is -0.384. The van der Waals surface area contributed by atoms with E-state index < -0.39 is 10.6 Å². The van der Waals surface area contributed by atoms with Gasteiger partial charge in [0.15, 0.2) is 12.0 Å². The van der Waals surface area contributed by atoms with Crippen molar-refractivity contribution in [2.24, 2.45) is 0 Å². The van der Waals surface area contributed by atoms with Gasteiger partial charge in [0.25, 0.3) is 5.69 Å². The van der Waals surface area contributed by atoms with Crippen molar-refractivity contribution in [2.75, 3.05) is 7.05 Å². The molecule has 1 unspecified atom stereocenters. The van der Waals surface area contributed by atoms with Gasteiger partial charge in [0.05, 0.1) is 4.92 Å². The van der Waals surface area contributed by atoms with Crippen LogP contribution >= 0.6 is 11.6 Å². The van der Waals surface area contributed by atoms with E-state index in [1.165, 1.54) is 12.1 Å². The number of nitro benzene ring substituents is 1. The molecule has 7 heteroatoms. The Bertz CT molecular complexity index is 1030. The van der Waals surface area contributed by atoms with E-state index in [2.05, 4.69) is 0 Å². The highest BCUT2D eigenvalue weighted by Gasteiger charge is 2.41. The molecule has 0 fully saturated rings. The molecule has 6 nitrogen and oxygen atoms in total. The molecule has 3 rings (SSSR count). The first-order chi connectivity index (χ1) is 14.4. The van der Waals surface area contributed by atoms with E-state index >= 15 is 0 Å². The third-order valence-electron chi connectivity index (χ3n) is 5.04. The number of hydrogen-bond donors (Lipinski definition) is 1. The van der Waals surface area contributed by atoms with Gasteiger partial charge in [0.2, 0.25) is 0 Å². The molecule has 1 N–H and O–H groups in total. The Morgan fingerprint density at radius 3 is 2.47 bits per heavy atom. The van der Waals surface area contributed by atoms with Gasteiger partial charge in [-0.2, -0.15) is 0 Å². The molecule has 0 heterocycles. The van der Waals surface area contributed by atoms with Crippen LogP contribution in [-0.2, 0) is 17.1 Å². The van der Waals surface area contributed by atoms with Crippen molar-refractivity contribution in [2.45, 2.75) is 18.7 Å². The third-order valence-corrected chi connectivity index (χ3v) is 5.38. The Balaban J connectivity index is 2.08. The van der Waals surface area contributed by atoms with Crippen molar-refractivity contribution in [3.63, 3.8) is 0 Å². The lowest BCUT2D eigenvalue weighted by Crippen LogP contribution is -2.46. The van der Waals surface area contributed by atoms with E-state index in [4.69, 9.17) is 11.6 Å². The summed E-state index contributed by atoms with van der Waals surface area (Å²) in [6.45, 7) is 0.261. The van der Waals surface area contributed by atoms with E-state index in [9.17, 15) is 20.0 Å². The van der Waals surface area contributed by atoms with Crippen LogP contribution in [0.1, 0.15) is 17.5 Å². The maximum atomic E-state index is 12.0. The molecule has 0 amide bonds. The Hall–Kier alpha value is -3.06. The number of nitrogens with zero attached hydrogens (tertiary/aromatic N) is 2. The van der Waals surface area contributed by atoms with Crippen molar-refractivity contribution < 1.29 is 14.8 Å². The first kappa shape index (κ1) is 21.6. The minimum absolute atomic E-state index is 0.00788. The average molecular weight is 425 g/mol. The summed E-state index contributed by atoms with van der Waals surface area (Å²) in [4.78, 5) is 24.0. The molecule has 0 spiro atoms. The number of aldehydes is 1. The SMILES string of the molecule is CN(Cc1ccc([N+](=O)[O-])cc1)C(O)(C1=C(Cl)CC=CC=C1C=O)c1ccccc1. The van der Waals surface area contributed by atoms with E-state index in [-0.39, 0.29) is 17.8 Å². The Morgan fingerprint density at radius 1 is 1.20 bits per heavy atom. The monoisotopic (exact) mass is 424 g/mol. The Labute approximate surface area is 179 Å². The molecule has 0 saturated heterocycles. The number of rotatable bonds is 7. The Morgan fingerprint density at radius 2 is 1.87 bits per heavy atom. The van der Waals surface area contributed by atoms with Crippen LogP contribution < -0.4 is 0 Å². The van der Waals surface area contributed by atoms with Crippen LogP contribution in [0, 0.1) is 10.1 Å². The second-order valence-electron chi connectivity index (χ2n) is 6.97. The Kier molecular flexibility index (Phi) is 6.62. The molecule has 0 bridgehead atoms.